The van der Waals surface area contributed by atoms with E-state index in [0.29, 0.717) is 5.56 Å². The SMILES string of the molecule is COc1ccc(N2C(=O)c3ccccc3N[C@@H]2c2ccc(C)s2)cc1. The van der Waals surface area contributed by atoms with Gasteiger partial charge in [-0.25, -0.2) is 0 Å². The first-order chi connectivity index (χ1) is 12.2. The van der Waals surface area contributed by atoms with Gasteiger partial charge in [0.2, 0.25) is 0 Å². The lowest BCUT2D eigenvalue weighted by Crippen LogP contribution is -2.42. The summed E-state index contributed by atoms with van der Waals surface area (Å²) in [5.41, 5.74) is 2.39. The molecule has 4 nitrogen and oxygen atoms in total. The van der Waals surface area contributed by atoms with Crippen molar-refractivity contribution >= 4 is 28.6 Å². The van der Waals surface area contributed by atoms with Gasteiger partial charge in [0.05, 0.1) is 12.7 Å². The van der Waals surface area contributed by atoms with Crippen molar-refractivity contribution in [2.45, 2.75) is 13.1 Å². The molecular formula is C20H18N2O2S. The van der Waals surface area contributed by atoms with Gasteiger partial charge >= 0.3 is 0 Å². The van der Waals surface area contributed by atoms with Gasteiger partial charge in [0.15, 0.2) is 0 Å². The predicted molar refractivity (Wildman–Crippen MR) is 102 cm³/mol. The van der Waals surface area contributed by atoms with E-state index in [1.807, 2.05) is 53.4 Å². The number of rotatable bonds is 3. The molecule has 0 fully saturated rings. The summed E-state index contributed by atoms with van der Waals surface area (Å²) in [5, 5.41) is 3.52. The number of nitrogens with zero attached hydrogens (tertiary/aromatic N) is 1. The number of benzene rings is 2. The minimum atomic E-state index is -0.227. The monoisotopic (exact) mass is 350 g/mol. The molecule has 4 rings (SSSR count). The minimum absolute atomic E-state index is 0.00410. The number of amides is 1. The molecule has 1 atom stereocenters. The van der Waals surface area contributed by atoms with E-state index in [1.54, 1.807) is 18.4 Å². The topological polar surface area (TPSA) is 41.6 Å². The van der Waals surface area contributed by atoms with Crippen molar-refractivity contribution in [1.82, 2.24) is 0 Å². The fourth-order valence-corrected chi connectivity index (χ4v) is 3.98. The lowest BCUT2D eigenvalue weighted by atomic mass is 10.1. The minimum Gasteiger partial charge on any atom is -0.497 e. The average Bonchev–Trinajstić information content (AvgIpc) is 3.08. The molecule has 0 aliphatic carbocycles. The fraction of sp³-hybridized carbons (Fsp3) is 0.150. The summed E-state index contributed by atoms with van der Waals surface area (Å²) < 4.78 is 5.24. The second-order valence-corrected chi connectivity index (χ2v) is 7.23. The number of carbonyl (C=O) groups excluding carboxylic acids is 1. The van der Waals surface area contributed by atoms with Gasteiger partial charge in [-0.1, -0.05) is 12.1 Å². The molecule has 3 aromatic rings. The van der Waals surface area contributed by atoms with Crippen molar-refractivity contribution in [3.63, 3.8) is 0 Å². The van der Waals surface area contributed by atoms with E-state index >= 15 is 0 Å². The molecule has 0 spiro atoms. The fourth-order valence-electron chi connectivity index (χ4n) is 3.06. The second-order valence-electron chi connectivity index (χ2n) is 5.91. The van der Waals surface area contributed by atoms with E-state index in [-0.39, 0.29) is 12.1 Å². The number of anilines is 2. The Morgan fingerprint density at radius 1 is 1.04 bits per heavy atom. The van der Waals surface area contributed by atoms with Gasteiger partial charge < -0.3 is 10.1 Å². The van der Waals surface area contributed by atoms with Crippen molar-refractivity contribution in [2.75, 3.05) is 17.3 Å². The van der Waals surface area contributed by atoms with Gasteiger partial charge in [-0.3, -0.25) is 9.69 Å². The van der Waals surface area contributed by atoms with Crippen LogP contribution < -0.4 is 15.0 Å². The third-order valence-electron chi connectivity index (χ3n) is 4.31. The van der Waals surface area contributed by atoms with Gasteiger partial charge in [0, 0.05) is 21.1 Å². The Morgan fingerprint density at radius 2 is 1.80 bits per heavy atom. The molecule has 25 heavy (non-hydrogen) atoms. The molecule has 1 aliphatic rings. The first-order valence-corrected chi connectivity index (χ1v) is 8.88. The van der Waals surface area contributed by atoms with Gasteiger partial charge in [0.25, 0.3) is 5.91 Å². The van der Waals surface area contributed by atoms with E-state index in [1.165, 1.54) is 4.88 Å². The number of ether oxygens (including phenoxy) is 1. The second kappa shape index (κ2) is 6.26. The van der Waals surface area contributed by atoms with Gasteiger partial charge in [-0.05, 0) is 55.5 Å². The van der Waals surface area contributed by atoms with Crippen LogP contribution in [0.4, 0.5) is 11.4 Å². The number of hydrogen-bond donors (Lipinski definition) is 1. The van der Waals surface area contributed by atoms with Gasteiger partial charge in [-0.15, -0.1) is 11.3 Å². The lowest BCUT2D eigenvalue weighted by Gasteiger charge is -2.37. The van der Waals surface area contributed by atoms with Crippen LogP contribution in [-0.4, -0.2) is 13.0 Å². The Balaban J connectivity index is 1.82. The molecule has 1 aromatic heterocycles. The molecule has 1 aliphatic heterocycles. The molecule has 1 amide bonds. The Labute approximate surface area is 150 Å². The van der Waals surface area contributed by atoms with E-state index in [9.17, 15) is 4.79 Å². The van der Waals surface area contributed by atoms with E-state index in [2.05, 4.69) is 24.4 Å². The summed E-state index contributed by atoms with van der Waals surface area (Å²) in [6.07, 6.45) is -0.227. The normalized spacial score (nSPS) is 16.3. The number of aryl methyl sites for hydroxylation is 1. The maximum absolute atomic E-state index is 13.2. The van der Waals surface area contributed by atoms with Crippen LogP contribution in [0.15, 0.2) is 60.7 Å². The van der Waals surface area contributed by atoms with Crippen molar-refractivity contribution in [3.05, 3.63) is 76.0 Å². The standard InChI is InChI=1S/C20H18N2O2S/c1-13-7-12-18(25-13)19-21-17-6-4-3-5-16(17)20(23)22(19)14-8-10-15(24-2)11-9-14/h3-12,19,21H,1-2H3/t19-/m0/s1. The Bertz CT molecular complexity index is 917. The number of fused-ring (bicyclic) bond motifs is 1. The molecule has 0 saturated heterocycles. The molecular weight excluding hydrogens is 332 g/mol. The smallest absolute Gasteiger partial charge is 0.262 e. The third-order valence-corrected chi connectivity index (χ3v) is 5.36. The Morgan fingerprint density at radius 3 is 2.48 bits per heavy atom. The Hall–Kier alpha value is -2.79. The first kappa shape index (κ1) is 15.7. The van der Waals surface area contributed by atoms with Crippen LogP contribution in [0, 0.1) is 6.92 Å². The van der Waals surface area contributed by atoms with E-state index in [0.717, 1.165) is 22.0 Å². The van der Waals surface area contributed by atoms with Crippen LogP contribution in [0.3, 0.4) is 0 Å². The molecule has 0 saturated carbocycles. The summed E-state index contributed by atoms with van der Waals surface area (Å²) in [6.45, 7) is 2.07. The van der Waals surface area contributed by atoms with Crippen molar-refractivity contribution in [2.24, 2.45) is 0 Å². The number of hydrogen-bond acceptors (Lipinski definition) is 4. The molecule has 126 valence electrons. The number of methoxy groups -OCH3 is 1. The first-order valence-electron chi connectivity index (χ1n) is 8.07. The highest BCUT2D eigenvalue weighted by molar-refractivity contribution is 7.12. The number of carbonyl (C=O) groups is 1. The van der Waals surface area contributed by atoms with Crippen LogP contribution in [-0.2, 0) is 0 Å². The molecule has 1 N–H and O–H groups in total. The van der Waals surface area contributed by atoms with Crippen molar-refractivity contribution in [1.29, 1.82) is 0 Å². The van der Waals surface area contributed by atoms with Crippen LogP contribution >= 0.6 is 11.3 Å². The average molecular weight is 350 g/mol. The molecule has 0 unspecified atom stereocenters. The van der Waals surface area contributed by atoms with Crippen molar-refractivity contribution in [3.8, 4) is 5.75 Å². The quantitative estimate of drug-likeness (QED) is 0.735. The van der Waals surface area contributed by atoms with Crippen LogP contribution in [0.5, 0.6) is 5.75 Å². The predicted octanol–water partition coefficient (Wildman–Crippen LogP) is 4.84. The highest BCUT2D eigenvalue weighted by Gasteiger charge is 2.34. The van der Waals surface area contributed by atoms with Gasteiger partial charge in [-0.2, -0.15) is 0 Å². The highest BCUT2D eigenvalue weighted by atomic mass is 32.1. The molecule has 0 radical (unpaired) electrons. The summed E-state index contributed by atoms with van der Waals surface area (Å²) in [6, 6.07) is 19.4. The number of nitrogens with one attached hydrogen (secondary N) is 1. The Kier molecular flexibility index (Phi) is 3.93. The zero-order valence-corrected chi connectivity index (χ0v) is 14.8. The summed E-state index contributed by atoms with van der Waals surface area (Å²) in [4.78, 5) is 17.4. The molecule has 2 aromatic carbocycles. The zero-order valence-electron chi connectivity index (χ0n) is 14.0. The lowest BCUT2D eigenvalue weighted by molar-refractivity contribution is 0.0975. The van der Waals surface area contributed by atoms with Crippen molar-refractivity contribution < 1.29 is 9.53 Å². The van der Waals surface area contributed by atoms with Crippen LogP contribution in [0.1, 0.15) is 26.3 Å². The third kappa shape index (κ3) is 2.76. The molecule has 0 bridgehead atoms. The summed E-state index contributed by atoms with van der Waals surface area (Å²) in [5.74, 6) is 0.764. The van der Waals surface area contributed by atoms with Gasteiger partial charge in [0.1, 0.15) is 11.9 Å². The maximum Gasteiger partial charge on any atom is 0.262 e. The maximum atomic E-state index is 13.2. The van der Waals surface area contributed by atoms with Crippen LogP contribution in [0.2, 0.25) is 0 Å². The van der Waals surface area contributed by atoms with E-state index in [4.69, 9.17) is 4.74 Å². The molecule has 2 heterocycles. The largest absolute Gasteiger partial charge is 0.497 e. The number of para-hydroxylation sites is 1. The van der Waals surface area contributed by atoms with E-state index < -0.39 is 0 Å². The highest BCUT2D eigenvalue weighted by Crippen LogP contribution is 2.39. The summed E-state index contributed by atoms with van der Waals surface area (Å²) >= 11 is 1.70. The van der Waals surface area contributed by atoms with Crippen LogP contribution in [0.25, 0.3) is 0 Å². The summed E-state index contributed by atoms with van der Waals surface area (Å²) in [7, 11) is 1.64. The molecule has 5 heteroatoms. The number of thiophene rings is 1. The zero-order chi connectivity index (χ0) is 17.4.